The zero-order chi connectivity index (χ0) is 12.3. The second-order valence-corrected chi connectivity index (χ2v) is 5.50. The van der Waals surface area contributed by atoms with Gasteiger partial charge < -0.3 is 5.11 Å². The molecule has 0 saturated carbocycles. The van der Waals surface area contributed by atoms with E-state index in [1.807, 2.05) is 0 Å². The van der Waals surface area contributed by atoms with Gasteiger partial charge in [-0.05, 0) is 24.6 Å². The van der Waals surface area contributed by atoms with Crippen molar-refractivity contribution in [1.29, 1.82) is 0 Å². The van der Waals surface area contributed by atoms with Crippen molar-refractivity contribution in [3.8, 4) is 0 Å². The number of likely N-dealkylation sites (N-methyl/N-ethyl adjacent to an activating group) is 1. The van der Waals surface area contributed by atoms with Crippen LogP contribution in [0.3, 0.4) is 0 Å². The third-order valence-electron chi connectivity index (χ3n) is 2.19. The van der Waals surface area contributed by atoms with Gasteiger partial charge >= 0.3 is 0 Å². The third kappa shape index (κ3) is 2.58. The summed E-state index contributed by atoms with van der Waals surface area (Å²) >= 11 is 0. The number of rotatable bonds is 4. The molecule has 1 rings (SSSR count). The fourth-order valence-electron chi connectivity index (χ4n) is 1.24. The molecule has 6 heteroatoms. The Morgan fingerprint density at radius 3 is 2.62 bits per heavy atom. The van der Waals surface area contributed by atoms with Crippen LogP contribution in [0.4, 0.5) is 4.39 Å². The molecule has 0 bridgehead atoms. The summed E-state index contributed by atoms with van der Waals surface area (Å²) < 4.78 is 38.1. The van der Waals surface area contributed by atoms with E-state index in [2.05, 4.69) is 0 Å². The molecular formula is C10H14FNO3S. The number of nitrogens with zero attached hydrogens (tertiary/aromatic N) is 1. The molecule has 1 aromatic carbocycles. The van der Waals surface area contributed by atoms with Gasteiger partial charge in [0.15, 0.2) is 0 Å². The lowest BCUT2D eigenvalue weighted by atomic mass is 10.2. The van der Waals surface area contributed by atoms with Crippen molar-refractivity contribution < 1.29 is 17.9 Å². The Bertz CT molecular complexity index is 473. The summed E-state index contributed by atoms with van der Waals surface area (Å²) in [6.07, 6.45) is 0. The minimum absolute atomic E-state index is 0.0598. The lowest BCUT2D eigenvalue weighted by molar-refractivity contribution is 0.266. The molecule has 16 heavy (non-hydrogen) atoms. The molecule has 1 aromatic rings. The van der Waals surface area contributed by atoms with E-state index in [1.54, 1.807) is 6.92 Å². The molecular weight excluding hydrogens is 233 g/mol. The zero-order valence-corrected chi connectivity index (χ0v) is 9.96. The van der Waals surface area contributed by atoms with Crippen LogP contribution < -0.4 is 0 Å². The molecule has 0 radical (unpaired) electrons. The van der Waals surface area contributed by atoms with Gasteiger partial charge in [-0.1, -0.05) is 6.07 Å². The van der Waals surface area contributed by atoms with Gasteiger partial charge in [0, 0.05) is 13.6 Å². The van der Waals surface area contributed by atoms with E-state index < -0.39 is 15.8 Å². The molecule has 0 aromatic heterocycles. The molecule has 4 nitrogen and oxygen atoms in total. The van der Waals surface area contributed by atoms with Crippen molar-refractivity contribution in [2.75, 3.05) is 20.2 Å². The third-order valence-corrected chi connectivity index (χ3v) is 4.06. The quantitative estimate of drug-likeness (QED) is 0.854. The smallest absolute Gasteiger partial charge is 0.245 e. The van der Waals surface area contributed by atoms with Crippen molar-refractivity contribution in [2.24, 2.45) is 0 Å². The molecule has 0 aliphatic rings. The van der Waals surface area contributed by atoms with E-state index in [0.29, 0.717) is 5.56 Å². The molecule has 0 fully saturated rings. The van der Waals surface area contributed by atoms with Gasteiger partial charge in [0.05, 0.1) is 6.61 Å². The molecule has 1 N–H and O–H groups in total. The van der Waals surface area contributed by atoms with Gasteiger partial charge in [0.2, 0.25) is 10.0 Å². The molecule has 0 spiro atoms. The first-order valence-electron chi connectivity index (χ1n) is 4.73. The summed E-state index contributed by atoms with van der Waals surface area (Å²) in [4.78, 5) is -0.358. The lowest BCUT2D eigenvalue weighted by Gasteiger charge is -2.16. The summed E-state index contributed by atoms with van der Waals surface area (Å²) in [6.45, 7) is 1.32. The predicted molar refractivity (Wildman–Crippen MR) is 58.0 cm³/mol. The first-order chi connectivity index (χ1) is 7.39. The van der Waals surface area contributed by atoms with Crippen LogP contribution in [0.2, 0.25) is 0 Å². The van der Waals surface area contributed by atoms with Gasteiger partial charge in [-0.2, -0.15) is 4.31 Å². The van der Waals surface area contributed by atoms with Gasteiger partial charge in [0.1, 0.15) is 10.7 Å². The summed E-state index contributed by atoms with van der Waals surface area (Å²) in [5, 5.41) is 8.67. The molecule has 0 atom stereocenters. The average molecular weight is 247 g/mol. The minimum Gasteiger partial charge on any atom is -0.395 e. The van der Waals surface area contributed by atoms with Crippen LogP contribution in [0, 0.1) is 12.7 Å². The SMILES string of the molecule is Cc1ccc(F)c(S(=O)(=O)N(C)CCO)c1. The van der Waals surface area contributed by atoms with Crippen molar-refractivity contribution in [3.63, 3.8) is 0 Å². The Hall–Kier alpha value is -0.980. The number of hydrogen-bond acceptors (Lipinski definition) is 3. The van der Waals surface area contributed by atoms with Crippen LogP contribution in [-0.4, -0.2) is 38.0 Å². The first-order valence-corrected chi connectivity index (χ1v) is 6.17. The molecule has 0 heterocycles. The lowest BCUT2D eigenvalue weighted by Crippen LogP contribution is -2.30. The summed E-state index contributed by atoms with van der Waals surface area (Å²) in [5.41, 5.74) is 0.664. The van der Waals surface area contributed by atoms with Gasteiger partial charge in [-0.3, -0.25) is 0 Å². The van der Waals surface area contributed by atoms with E-state index in [1.165, 1.54) is 19.2 Å². The highest BCUT2D eigenvalue weighted by molar-refractivity contribution is 7.89. The number of aryl methyl sites for hydroxylation is 1. The highest BCUT2D eigenvalue weighted by Crippen LogP contribution is 2.19. The standard InChI is InChI=1S/C10H14FNO3S/c1-8-3-4-9(11)10(7-8)16(14,15)12(2)5-6-13/h3-4,7,13H,5-6H2,1-2H3. The molecule has 0 unspecified atom stereocenters. The number of hydrogen-bond donors (Lipinski definition) is 1. The number of aliphatic hydroxyl groups excluding tert-OH is 1. The number of benzene rings is 1. The van der Waals surface area contributed by atoms with Crippen molar-refractivity contribution in [2.45, 2.75) is 11.8 Å². The van der Waals surface area contributed by atoms with E-state index in [9.17, 15) is 12.8 Å². The Labute approximate surface area is 94.4 Å². The van der Waals surface area contributed by atoms with E-state index in [0.717, 1.165) is 10.4 Å². The Kier molecular flexibility index (Phi) is 4.01. The van der Waals surface area contributed by atoms with Crippen LogP contribution in [0.1, 0.15) is 5.56 Å². The largest absolute Gasteiger partial charge is 0.395 e. The molecule has 0 amide bonds. The number of halogens is 1. The van der Waals surface area contributed by atoms with E-state index in [-0.39, 0.29) is 18.0 Å². The predicted octanol–water partition coefficient (Wildman–Crippen LogP) is 0.747. The summed E-state index contributed by atoms with van der Waals surface area (Å²) in [5.74, 6) is -0.782. The topological polar surface area (TPSA) is 57.6 Å². The van der Waals surface area contributed by atoms with Crippen molar-refractivity contribution >= 4 is 10.0 Å². The zero-order valence-electron chi connectivity index (χ0n) is 9.14. The van der Waals surface area contributed by atoms with Crippen LogP contribution >= 0.6 is 0 Å². The highest BCUT2D eigenvalue weighted by Gasteiger charge is 2.23. The summed E-state index contributed by atoms with van der Waals surface area (Å²) in [6, 6.07) is 3.90. The van der Waals surface area contributed by atoms with E-state index in [4.69, 9.17) is 5.11 Å². The van der Waals surface area contributed by atoms with Gasteiger partial charge in [-0.25, -0.2) is 12.8 Å². The second-order valence-electron chi connectivity index (χ2n) is 3.48. The van der Waals surface area contributed by atoms with Crippen LogP contribution in [0.25, 0.3) is 0 Å². The number of aliphatic hydroxyl groups is 1. The highest BCUT2D eigenvalue weighted by atomic mass is 32.2. The molecule has 90 valence electrons. The van der Waals surface area contributed by atoms with Crippen LogP contribution in [0.15, 0.2) is 23.1 Å². The van der Waals surface area contributed by atoms with Gasteiger partial charge in [0.25, 0.3) is 0 Å². The Morgan fingerprint density at radius 1 is 1.44 bits per heavy atom. The number of sulfonamides is 1. The average Bonchev–Trinajstić information content (AvgIpc) is 2.22. The molecule has 0 saturated heterocycles. The monoisotopic (exact) mass is 247 g/mol. The fraction of sp³-hybridized carbons (Fsp3) is 0.400. The Balaban J connectivity index is 3.21. The second kappa shape index (κ2) is 4.90. The van der Waals surface area contributed by atoms with Crippen LogP contribution in [0.5, 0.6) is 0 Å². The fourth-order valence-corrected chi connectivity index (χ4v) is 2.54. The molecule has 0 aliphatic heterocycles. The van der Waals surface area contributed by atoms with Crippen LogP contribution in [-0.2, 0) is 10.0 Å². The van der Waals surface area contributed by atoms with Crippen molar-refractivity contribution in [1.82, 2.24) is 4.31 Å². The van der Waals surface area contributed by atoms with Gasteiger partial charge in [-0.15, -0.1) is 0 Å². The summed E-state index contributed by atoms with van der Waals surface area (Å²) in [7, 11) is -2.56. The Morgan fingerprint density at radius 2 is 2.06 bits per heavy atom. The maximum absolute atomic E-state index is 13.4. The maximum atomic E-state index is 13.4. The van der Waals surface area contributed by atoms with Crippen molar-refractivity contribution in [3.05, 3.63) is 29.6 Å². The normalized spacial score (nSPS) is 12.1. The molecule has 0 aliphatic carbocycles. The first kappa shape index (κ1) is 13.1. The van der Waals surface area contributed by atoms with E-state index >= 15 is 0 Å². The minimum atomic E-state index is -3.86. The maximum Gasteiger partial charge on any atom is 0.245 e.